The van der Waals surface area contributed by atoms with Gasteiger partial charge in [-0.1, -0.05) is 24.3 Å². The predicted octanol–water partition coefficient (Wildman–Crippen LogP) is 2.69. The zero-order valence-electron chi connectivity index (χ0n) is 14.8. The Hall–Kier alpha value is -2.89. The molecular weight excluding hydrogens is 328 g/mol. The summed E-state index contributed by atoms with van der Waals surface area (Å²) in [7, 11) is 1.64. The summed E-state index contributed by atoms with van der Waals surface area (Å²) in [6.45, 7) is 1.50. The maximum absolute atomic E-state index is 12.7. The maximum Gasteiger partial charge on any atom is 0.227 e. The Morgan fingerprint density at radius 2 is 1.88 bits per heavy atom. The van der Waals surface area contributed by atoms with Crippen LogP contribution in [0, 0.1) is 0 Å². The van der Waals surface area contributed by atoms with Crippen LogP contribution in [0.3, 0.4) is 0 Å². The molecule has 1 fully saturated rings. The zero-order valence-corrected chi connectivity index (χ0v) is 14.8. The van der Waals surface area contributed by atoms with Gasteiger partial charge >= 0.3 is 0 Å². The van der Waals surface area contributed by atoms with Crippen LogP contribution < -0.4 is 4.74 Å². The molecule has 0 spiro atoms. The van der Waals surface area contributed by atoms with Crippen molar-refractivity contribution in [1.29, 1.82) is 0 Å². The van der Waals surface area contributed by atoms with Crippen LogP contribution in [-0.4, -0.2) is 45.6 Å². The molecule has 0 N–H and O–H groups in total. The Kier molecular flexibility index (Phi) is 4.56. The van der Waals surface area contributed by atoms with E-state index in [2.05, 4.69) is 14.6 Å². The molecule has 1 amide bonds. The first kappa shape index (κ1) is 16.6. The summed E-state index contributed by atoms with van der Waals surface area (Å²) in [6.07, 6.45) is 4.20. The molecule has 3 heterocycles. The van der Waals surface area contributed by atoms with Crippen molar-refractivity contribution in [1.82, 2.24) is 19.5 Å². The smallest absolute Gasteiger partial charge is 0.227 e. The van der Waals surface area contributed by atoms with Crippen molar-refractivity contribution in [3.05, 3.63) is 60.0 Å². The molecule has 3 aromatic rings. The van der Waals surface area contributed by atoms with Crippen LogP contribution in [0.15, 0.2) is 48.7 Å². The van der Waals surface area contributed by atoms with Crippen LogP contribution in [0.1, 0.15) is 30.1 Å². The number of amides is 1. The normalized spacial score (nSPS) is 15.3. The molecule has 0 aliphatic carbocycles. The first-order valence-corrected chi connectivity index (χ1v) is 8.95. The Bertz CT molecular complexity index is 913. The van der Waals surface area contributed by atoms with Gasteiger partial charge in [0.15, 0.2) is 5.65 Å². The quantitative estimate of drug-likeness (QED) is 0.726. The number of fused-ring (bicyclic) bond motifs is 1. The number of likely N-dealkylation sites (tertiary alicyclic amines) is 1. The molecule has 4 rings (SSSR count). The number of carbonyl (C=O) groups excluding carboxylic acids is 1. The molecule has 26 heavy (non-hydrogen) atoms. The second-order valence-electron chi connectivity index (χ2n) is 6.63. The van der Waals surface area contributed by atoms with E-state index in [0.29, 0.717) is 12.3 Å². The van der Waals surface area contributed by atoms with E-state index in [0.717, 1.165) is 48.7 Å². The largest absolute Gasteiger partial charge is 0.496 e. The highest BCUT2D eigenvalue weighted by molar-refractivity contribution is 5.79. The number of methoxy groups -OCH3 is 1. The van der Waals surface area contributed by atoms with E-state index in [1.54, 1.807) is 7.11 Å². The number of hydrogen-bond donors (Lipinski definition) is 0. The van der Waals surface area contributed by atoms with Crippen LogP contribution in [0.25, 0.3) is 5.65 Å². The van der Waals surface area contributed by atoms with Crippen molar-refractivity contribution in [3.63, 3.8) is 0 Å². The van der Waals surface area contributed by atoms with E-state index >= 15 is 0 Å². The van der Waals surface area contributed by atoms with Gasteiger partial charge in [0.05, 0.1) is 13.5 Å². The fourth-order valence-corrected chi connectivity index (χ4v) is 3.65. The standard InChI is InChI=1S/C20H22N4O2/c1-26-17-7-3-2-6-16(17)14-19(25)23-12-9-15(10-13-23)20-22-21-18-8-4-5-11-24(18)20/h2-8,11,15H,9-10,12-14H2,1H3. The number of carbonyl (C=O) groups is 1. The molecular formula is C20H22N4O2. The minimum Gasteiger partial charge on any atom is -0.496 e. The third-order valence-corrected chi connectivity index (χ3v) is 5.09. The Morgan fingerprint density at radius 3 is 2.69 bits per heavy atom. The summed E-state index contributed by atoms with van der Waals surface area (Å²) in [6, 6.07) is 13.6. The summed E-state index contributed by atoms with van der Waals surface area (Å²) in [5, 5.41) is 8.61. The van der Waals surface area contributed by atoms with Gasteiger partial charge < -0.3 is 9.64 Å². The summed E-state index contributed by atoms with van der Waals surface area (Å²) in [4.78, 5) is 14.6. The van der Waals surface area contributed by atoms with Gasteiger partial charge in [0.2, 0.25) is 5.91 Å². The van der Waals surface area contributed by atoms with Crippen molar-refractivity contribution in [2.75, 3.05) is 20.2 Å². The summed E-state index contributed by atoms with van der Waals surface area (Å²) < 4.78 is 7.40. The van der Waals surface area contributed by atoms with Gasteiger partial charge in [-0.25, -0.2) is 0 Å². The molecule has 1 aliphatic rings. The average molecular weight is 350 g/mol. The number of rotatable bonds is 4. The highest BCUT2D eigenvalue weighted by atomic mass is 16.5. The van der Waals surface area contributed by atoms with Gasteiger partial charge in [0.25, 0.3) is 0 Å². The fourth-order valence-electron chi connectivity index (χ4n) is 3.65. The van der Waals surface area contributed by atoms with Gasteiger partial charge in [-0.05, 0) is 31.0 Å². The number of para-hydroxylation sites is 1. The van der Waals surface area contributed by atoms with Crippen LogP contribution in [0.2, 0.25) is 0 Å². The number of piperidine rings is 1. The molecule has 0 bridgehead atoms. The van der Waals surface area contributed by atoms with Crippen molar-refractivity contribution in [2.45, 2.75) is 25.2 Å². The lowest BCUT2D eigenvalue weighted by molar-refractivity contribution is -0.131. The molecule has 1 saturated heterocycles. The molecule has 0 saturated carbocycles. The molecule has 6 heteroatoms. The van der Waals surface area contributed by atoms with E-state index < -0.39 is 0 Å². The van der Waals surface area contributed by atoms with Crippen molar-refractivity contribution < 1.29 is 9.53 Å². The van der Waals surface area contributed by atoms with Gasteiger partial charge in [0.1, 0.15) is 11.6 Å². The second-order valence-corrected chi connectivity index (χ2v) is 6.63. The van der Waals surface area contributed by atoms with E-state index in [1.807, 2.05) is 53.6 Å². The average Bonchev–Trinajstić information content (AvgIpc) is 3.12. The third kappa shape index (κ3) is 3.14. The number of nitrogens with zero attached hydrogens (tertiary/aromatic N) is 4. The zero-order chi connectivity index (χ0) is 17.9. The summed E-state index contributed by atoms with van der Waals surface area (Å²) in [5.41, 5.74) is 1.81. The topological polar surface area (TPSA) is 59.7 Å². The molecule has 2 aromatic heterocycles. The Morgan fingerprint density at radius 1 is 1.12 bits per heavy atom. The molecule has 134 valence electrons. The maximum atomic E-state index is 12.7. The second kappa shape index (κ2) is 7.15. The van der Waals surface area contributed by atoms with Gasteiger partial charge in [0, 0.05) is 30.8 Å². The fraction of sp³-hybridized carbons (Fsp3) is 0.350. The molecule has 1 aliphatic heterocycles. The van der Waals surface area contributed by atoms with E-state index in [9.17, 15) is 4.79 Å². The lowest BCUT2D eigenvalue weighted by Crippen LogP contribution is -2.39. The number of pyridine rings is 1. The first-order chi connectivity index (χ1) is 12.8. The van der Waals surface area contributed by atoms with Crippen LogP contribution >= 0.6 is 0 Å². The van der Waals surface area contributed by atoms with Crippen LogP contribution in [0.4, 0.5) is 0 Å². The minimum absolute atomic E-state index is 0.152. The highest BCUT2D eigenvalue weighted by Crippen LogP contribution is 2.28. The highest BCUT2D eigenvalue weighted by Gasteiger charge is 2.27. The van der Waals surface area contributed by atoms with Gasteiger partial charge in [-0.2, -0.15) is 0 Å². The van der Waals surface area contributed by atoms with Crippen LogP contribution in [0.5, 0.6) is 5.75 Å². The lowest BCUT2D eigenvalue weighted by Gasteiger charge is -2.31. The van der Waals surface area contributed by atoms with Gasteiger partial charge in [-0.3, -0.25) is 9.20 Å². The summed E-state index contributed by atoms with van der Waals surface area (Å²) >= 11 is 0. The van der Waals surface area contributed by atoms with Crippen LogP contribution in [-0.2, 0) is 11.2 Å². The number of aromatic nitrogens is 3. The van der Waals surface area contributed by atoms with Crippen molar-refractivity contribution >= 4 is 11.6 Å². The Balaban J connectivity index is 1.41. The monoisotopic (exact) mass is 350 g/mol. The molecule has 0 unspecified atom stereocenters. The number of benzene rings is 1. The van der Waals surface area contributed by atoms with Crippen molar-refractivity contribution in [3.8, 4) is 5.75 Å². The molecule has 0 radical (unpaired) electrons. The lowest BCUT2D eigenvalue weighted by atomic mass is 9.95. The SMILES string of the molecule is COc1ccccc1CC(=O)N1CCC(c2nnc3ccccn23)CC1. The predicted molar refractivity (Wildman–Crippen MR) is 98.2 cm³/mol. The van der Waals surface area contributed by atoms with Gasteiger partial charge in [-0.15, -0.1) is 10.2 Å². The molecule has 6 nitrogen and oxygen atoms in total. The first-order valence-electron chi connectivity index (χ1n) is 8.95. The van der Waals surface area contributed by atoms with E-state index in [1.165, 1.54) is 0 Å². The number of hydrogen-bond acceptors (Lipinski definition) is 4. The van der Waals surface area contributed by atoms with E-state index in [4.69, 9.17) is 4.74 Å². The third-order valence-electron chi connectivity index (χ3n) is 5.09. The van der Waals surface area contributed by atoms with E-state index in [-0.39, 0.29) is 5.91 Å². The summed E-state index contributed by atoms with van der Waals surface area (Å²) in [5.74, 6) is 2.25. The molecule has 0 atom stereocenters. The number of ether oxygens (including phenoxy) is 1. The molecule has 1 aromatic carbocycles. The Labute approximate surface area is 152 Å². The minimum atomic E-state index is 0.152. The van der Waals surface area contributed by atoms with Crippen molar-refractivity contribution in [2.24, 2.45) is 0 Å².